The molecule has 3 rings (SSSR count). The predicted octanol–water partition coefficient (Wildman–Crippen LogP) is 2.99. The third-order valence-corrected chi connectivity index (χ3v) is 5.87. The Kier molecular flexibility index (Phi) is 5.22. The average molecular weight is 422 g/mol. The van der Waals surface area contributed by atoms with Gasteiger partial charge in [-0.2, -0.15) is 4.98 Å². The lowest BCUT2D eigenvalue weighted by Crippen LogP contribution is -2.50. The van der Waals surface area contributed by atoms with E-state index in [0.29, 0.717) is 38.0 Å². The predicted molar refractivity (Wildman–Crippen MR) is 103 cm³/mol. The van der Waals surface area contributed by atoms with E-state index >= 15 is 0 Å². The van der Waals surface area contributed by atoms with Gasteiger partial charge < -0.3 is 20.1 Å². The van der Waals surface area contributed by atoms with Gasteiger partial charge in [-0.15, -0.1) is 0 Å². The van der Waals surface area contributed by atoms with Crippen molar-refractivity contribution in [3.05, 3.63) is 40.1 Å². The fourth-order valence-electron chi connectivity index (χ4n) is 3.19. The first kappa shape index (κ1) is 18.7. The summed E-state index contributed by atoms with van der Waals surface area (Å²) in [6, 6.07) is 8.34. The summed E-state index contributed by atoms with van der Waals surface area (Å²) in [6.45, 7) is 8.82. The summed E-state index contributed by atoms with van der Waals surface area (Å²) in [5.74, 6) is 0.947. The molecule has 0 spiro atoms. The third-order valence-electron chi connectivity index (χ3n) is 5.34. The number of aromatic nitrogens is 2. The maximum absolute atomic E-state index is 11.3. The zero-order valence-corrected chi connectivity index (χ0v) is 16.9. The molecule has 1 aliphatic rings. The maximum atomic E-state index is 11.3. The summed E-state index contributed by atoms with van der Waals surface area (Å²) >= 11 is 3.48. The van der Waals surface area contributed by atoms with Crippen LogP contribution in [0, 0.1) is 5.92 Å². The second kappa shape index (κ2) is 7.26. The number of hydrogen-bond acceptors (Lipinski definition) is 5. The van der Waals surface area contributed by atoms with Crippen molar-refractivity contribution in [1.82, 2.24) is 15.0 Å². The first-order chi connectivity index (χ1) is 12.3. The number of nitrogens with two attached hydrogens (primary N) is 1. The minimum Gasteiger partial charge on any atom is -0.351 e. The molecule has 2 heterocycles. The minimum absolute atomic E-state index is 0.279. The lowest BCUT2D eigenvalue weighted by molar-refractivity contribution is 0.202. The summed E-state index contributed by atoms with van der Waals surface area (Å²) in [7, 11) is 0. The fourth-order valence-corrected chi connectivity index (χ4v) is 3.45. The van der Waals surface area contributed by atoms with Gasteiger partial charge in [-0.1, -0.05) is 47.1 Å². The fraction of sp³-hybridized carbons (Fsp3) is 0.500. The Morgan fingerprint density at radius 2 is 1.85 bits per heavy atom. The van der Waals surface area contributed by atoms with Crippen molar-refractivity contribution in [1.29, 1.82) is 0 Å². The van der Waals surface area contributed by atoms with Crippen LogP contribution in [0.15, 0.2) is 33.3 Å². The first-order valence-electron chi connectivity index (χ1n) is 8.72. The van der Waals surface area contributed by atoms with Gasteiger partial charge in [0.15, 0.2) is 5.82 Å². The second-order valence-corrected chi connectivity index (χ2v) is 7.99. The molecule has 0 radical (unpaired) electrons. The van der Waals surface area contributed by atoms with E-state index in [1.807, 2.05) is 17.0 Å². The average Bonchev–Trinajstić information content (AvgIpc) is 3.12. The highest BCUT2D eigenvalue weighted by Crippen LogP contribution is 2.38. The van der Waals surface area contributed by atoms with Crippen molar-refractivity contribution >= 4 is 28.0 Å². The quantitative estimate of drug-likeness (QED) is 0.819. The Morgan fingerprint density at radius 3 is 2.38 bits per heavy atom. The van der Waals surface area contributed by atoms with Crippen molar-refractivity contribution in [2.75, 3.05) is 31.1 Å². The topological polar surface area (TPSA) is 88.5 Å². The monoisotopic (exact) mass is 421 g/mol. The van der Waals surface area contributed by atoms with Crippen LogP contribution in [0.4, 0.5) is 10.8 Å². The number of halogens is 1. The van der Waals surface area contributed by atoms with E-state index in [2.05, 4.69) is 54.0 Å². The van der Waals surface area contributed by atoms with Crippen molar-refractivity contribution in [3.8, 4) is 0 Å². The molecule has 1 unspecified atom stereocenters. The summed E-state index contributed by atoms with van der Waals surface area (Å²) < 4.78 is 6.60. The molecule has 1 fully saturated rings. The second-order valence-electron chi connectivity index (χ2n) is 7.08. The number of urea groups is 1. The highest BCUT2D eigenvalue weighted by molar-refractivity contribution is 9.10. The van der Waals surface area contributed by atoms with Crippen LogP contribution in [0.5, 0.6) is 0 Å². The van der Waals surface area contributed by atoms with Crippen molar-refractivity contribution < 1.29 is 9.32 Å². The van der Waals surface area contributed by atoms with Gasteiger partial charge >= 0.3 is 12.0 Å². The molecule has 140 valence electrons. The molecule has 0 bridgehead atoms. The van der Waals surface area contributed by atoms with Gasteiger partial charge in [-0.25, -0.2) is 4.79 Å². The van der Waals surface area contributed by atoms with E-state index < -0.39 is 6.03 Å². The van der Waals surface area contributed by atoms with Gasteiger partial charge in [0.2, 0.25) is 0 Å². The molecule has 1 aromatic heterocycles. The number of hydrogen-bond donors (Lipinski definition) is 1. The molecular weight excluding hydrogens is 398 g/mol. The van der Waals surface area contributed by atoms with Gasteiger partial charge in [0.25, 0.3) is 0 Å². The van der Waals surface area contributed by atoms with E-state index in [-0.39, 0.29) is 11.3 Å². The molecule has 1 atom stereocenters. The van der Waals surface area contributed by atoms with Crippen molar-refractivity contribution in [2.24, 2.45) is 11.7 Å². The lowest BCUT2D eigenvalue weighted by Gasteiger charge is -2.33. The number of benzene rings is 1. The number of piperazine rings is 1. The Balaban J connectivity index is 1.85. The Hall–Kier alpha value is -2.09. The molecule has 2 N–H and O–H groups in total. The van der Waals surface area contributed by atoms with Gasteiger partial charge in [0.1, 0.15) is 0 Å². The molecule has 1 aromatic carbocycles. The van der Waals surface area contributed by atoms with Crippen LogP contribution < -0.4 is 10.6 Å². The summed E-state index contributed by atoms with van der Waals surface area (Å²) in [5.41, 5.74) is 6.11. The Bertz CT molecular complexity index is 768. The van der Waals surface area contributed by atoms with E-state index in [1.165, 1.54) is 0 Å². The lowest BCUT2D eigenvalue weighted by atomic mass is 9.73. The summed E-state index contributed by atoms with van der Waals surface area (Å²) in [5, 5.41) is 4.29. The van der Waals surface area contributed by atoms with Crippen LogP contribution in [0.3, 0.4) is 0 Å². The molecular formula is C18H24BrN5O2. The molecule has 0 aliphatic carbocycles. The molecule has 1 saturated heterocycles. The first-order valence-corrected chi connectivity index (χ1v) is 9.51. The highest BCUT2D eigenvalue weighted by Gasteiger charge is 2.38. The molecule has 1 aliphatic heterocycles. The van der Waals surface area contributed by atoms with Crippen LogP contribution in [-0.4, -0.2) is 47.3 Å². The molecule has 26 heavy (non-hydrogen) atoms. The zero-order chi connectivity index (χ0) is 18.9. The van der Waals surface area contributed by atoms with Crippen LogP contribution in [-0.2, 0) is 5.41 Å². The number of carbonyl (C=O) groups is 1. The molecule has 0 saturated carbocycles. The molecule has 8 heteroatoms. The zero-order valence-electron chi connectivity index (χ0n) is 15.3. The molecule has 2 aromatic rings. The minimum atomic E-state index is -0.390. The smallest absolute Gasteiger partial charge is 0.324 e. The Labute approximate surface area is 161 Å². The van der Waals surface area contributed by atoms with Gasteiger partial charge in [0, 0.05) is 30.7 Å². The highest BCUT2D eigenvalue weighted by atomic mass is 79.9. The third kappa shape index (κ3) is 3.42. The largest absolute Gasteiger partial charge is 0.351 e. The molecule has 2 amide bonds. The van der Waals surface area contributed by atoms with Crippen LogP contribution >= 0.6 is 15.9 Å². The molecule has 7 nitrogen and oxygen atoms in total. The van der Waals surface area contributed by atoms with E-state index in [1.54, 1.807) is 4.90 Å². The number of rotatable bonds is 4. The van der Waals surface area contributed by atoms with Crippen LogP contribution in [0.2, 0.25) is 0 Å². The Morgan fingerprint density at radius 1 is 1.23 bits per heavy atom. The standard InChI is InChI=1S/C18H24BrN5O2/c1-12(2)18(3,13-4-6-14(19)7-5-13)15-21-17(26-22-15)24-10-8-23(9-11-24)16(20)25/h4-7,12H,8-11H2,1-3H3,(H2,20,25). The van der Waals surface area contributed by atoms with Crippen LogP contribution in [0.1, 0.15) is 32.2 Å². The maximum Gasteiger partial charge on any atom is 0.324 e. The van der Waals surface area contributed by atoms with Crippen LogP contribution in [0.25, 0.3) is 0 Å². The normalized spacial score (nSPS) is 17.4. The summed E-state index contributed by atoms with van der Waals surface area (Å²) in [6.07, 6.45) is 0. The van der Waals surface area contributed by atoms with Gasteiger partial charge in [0.05, 0.1) is 5.41 Å². The number of primary amides is 1. The summed E-state index contributed by atoms with van der Waals surface area (Å²) in [4.78, 5) is 19.6. The number of amides is 2. The number of carbonyl (C=O) groups excluding carboxylic acids is 1. The van der Waals surface area contributed by atoms with E-state index in [9.17, 15) is 4.79 Å². The van der Waals surface area contributed by atoms with Crippen molar-refractivity contribution in [2.45, 2.75) is 26.2 Å². The van der Waals surface area contributed by atoms with Gasteiger partial charge in [-0.05, 0) is 30.5 Å². The van der Waals surface area contributed by atoms with E-state index in [0.717, 1.165) is 10.0 Å². The number of nitrogens with zero attached hydrogens (tertiary/aromatic N) is 4. The van der Waals surface area contributed by atoms with Crippen molar-refractivity contribution in [3.63, 3.8) is 0 Å². The van der Waals surface area contributed by atoms with E-state index in [4.69, 9.17) is 15.2 Å². The SMILES string of the molecule is CC(C)C(C)(c1ccc(Br)cc1)c1noc(N2CCN(C(N)=O)CC2)n1. The van der Waals surface area contributed by atoms with Gasteiger partial charge in [-0.3, -0.25) is 0 Å². The number of anilines is 1.